The summed E-state index contributed by atoms with van der Waals surface area (Å²) in [5.74, 6) is -0.312. The fourth-order valence-electron chi connectivity index (χ4n) is 4.30. The zero-order valence-corrected chi connectivity index (χ0v) is 23.1. The zero-order chi connectivity index (χ0) is 26.7. The summed E-state index contributed by atoms with van der Waals surface area (Å²) < 4.78 is 26.5. The molecule has 0 bridgehead atoms. The minimum Gasteiger partial charge on any atom is -0.354 e. The first kappa shape index (κ1) is 29.4. The maximum atomic E-state index is 13.4. The van der Waals surface area contributed by atoms with Crippen LogP contribution in [-0.2, 0) is 26.2 Å². The topological polar surface area (TPSA) is 86.8 Å². The number of aryl methyl sites for hydroxylation is 2. The lowest BCUT2D eigenvalue weighted by Crippen LogP contribution is -2.49. The summed E-state index contributed by atoms with van der Waals surface area (Å²) in [5, 5.41) is 2.96. The summed E-state index contributed by atoms with van der Waals surface area (Å²) in [7, 11) is -3.52. The van der Waals surface area contributed by atoms with Gasteiger partial charge < -0.3 is 10.2 Å². The van der Waals surface area contributed by atoms with E-state index in [1.807, 2.05) is 69.3 Å². The number of carbonyl (C=O) groups excluding carboxylic acids is 2. The fourth-order valence-corrected chi connectivity index (χ4v) is 5.25. The molecule has 1 N–H and O–H groups in total. The van der Waals surface area contributed by atoms with Crippen molar-refractivity contribution in [3.05, 3.63) is 65.2 Å². The number of carbonyl (C=O) groups is 2. The average Bonchev–Trinajstić information content (AvgIpc) is 2.81. The van der Waals surface area contributed by atoms with Crippen LogP contribution >= 0.6 is 0 Å². The number of anilines is 1. The van der Waals surface area contributed by atoms with Crippen molar-refractivity contribution in [2.45, 2.75) is 72.4 Å². The summed E-state index contributed by atoms with van der Waals surface area (Å²) in [4.78, 5) is 28.0. The van der Waals surface area contributed by atoms with Gasteiger partial charge in [-0.2, -0.15) is 0 Å². The van der Waals surface area contributed by atoms with Gasteiger partial charge in [0.25, 0.3) is 0 Å². The highest BCUT2D eigenvalue weighted by Crippen LogP contribution is 2.22. The molecule has 2 amide bonds. The first-order chi connectivity index (χ1) is 17.1. The van der Waals surface area contributed by atoms with Crippen LogP contribution in [0.4, 0.5) is 5.69 Å². The van der Waals surface area contributed by atoms with Crippen LogP contribution in [0.15, 0.2) is 48.5 Å². The molecule has 0 heterocycles. The van der Waals surface area contributed by atoms with Gasteiger partial charge in [0.15, 0.2) is 0 Å². The monoisotopic (exact) mass is 515 g/mol. The molecule has 2 aromatic rings. The minimum atomic E-state index is -3.52. The molecule has 7 nitrogen and oxygen atoms in total. The second-order valence-corrected chi connectivity index (χ2v) is 11.3. The summed E-state index contributed by atoms with van der Waals surface area (Å²) in [5.41, 5.74) is 3.50. The van der Waals surface area contributed by atoms with Gasteiger partial charge in [0.05, 0.1) is 11.9 Å². The molecule has 0 saturated carbocycles. The molecule has 0 saturated heterocycles. The van der Waals surface area contributed by atoms with Gasteiger partial charge in [-0.25, -0.2) is 8.42 Å². The quantitative estimate of drug-likeness (QED) is 0.373. The molecule has 0 fully saturated rings. The Bertz CT molecular complexity index is 1080. The number of nitrogens with one attached hydrogen (secondary N) is 1. The van der Waals surface area contributed by atoms with Crippen molar-refractivity contribution in [2.75, 3.05) is 23.7 Å². The summed E-state index contributed by atoms with van der Waals surface area (Å²) in [6.45, 7) is 8.92. The van der Waals surface area contributed by atoms with E-state index in [2.05, 4.69) is 12.2 Å². The predicted octanol–water partition coefficient (Wildman–Crippen LogP) is 4.57. The van der Waals surface area contributed by atoms with Gasteiger partial charge in [-0.15, -0.1) is 0 Å². The molecule has 0 aromatic heterocycles. The third-order valence-electron chi connectivity index (χ3n) is 6.06. The largest absolute Gasteiger partial charge is 0.354 e. The molecule has 36 heavy (non-hydrogen) atoms. The molecule has 0 aliphatic carbocycles. The molecular weight excluding hydrogens is 474 g/mol. The lowest BCUT2D eigenvalue weighted by Gasteiger charge is -2.31. The Morgan fingerprint density at radius 1 is 0.972 bits per heavy atom. The van der Waals surface area contributed by atoms with Crippen molar-refractivity contribution in [3.8, 4) is 0 Å². The van der Waals surface area contributed by atoms with Gasteiger partial charge in [0.2, 0.25) is 21.8 Å². The Hall–Kier alpha value is -2.87. The standard InChI is InChI=1S/C28H41N3O4S/c1-6-8-16-29-28(33)26(7-2)30(21-24-13-10-9-11-14-24)27(32)15-12-17-31(36(5,34)35)25-19-22(3)18-23(4)20-25/h9-11,13-14,18-20,26H,6-8,12,15-17,21H2,1-5H3,(H,29,33)/t26-/m1/s1. The van der Waals surface area contributed by atoms with Crippen molar-refractivity contribution in [1.29, 1.82) is 0 Å². The van der Waals surface area contributed by atoms with Gasteiger partial charge in [-0.05, 0) is 61.9 Å². The van der Waals surface area contributed by atoms with Crippen LogP contribution in [0, 0.1) is 13.8 Å². The Balaban J connectivity index is 2.19. The highest BCUT2D eigenvalue weighted by molar-refractivity contribution is 7.92. The van der Waals surface area contributed by atoms with E-state index in [4.69, 9.17) is 0 Å². The van der Waals surface area contributed by atoms with E-state index in [9.17, 15) is 18.0 Å². The molecule has 2 rings (SSSR count). The second-order valence-electron chi connectivity index (χ2n) is 9.36. The van der Waals surface area contributed by atoms with Crippen LogP contribution in [0.5, 0.6) is 0 Å². The molecule has 198 valence electrons. The van der Waals surface area contributed by atoms with Crippen LogP contribution in [0.3, 0.4) is 0 Å². The molecule has 8 heteroatoms. The van der Waals surface area contributed by atoms with Gasteiger partial charge in [-0.3, -0.25) is 13.9 Å². The Labute approximate surface area is 216 Å². The van der Waals surface area contributed by atoms with E-state index in [0.717, 1.165) is 29.5 Å². The molecule has 0 aliphatic rings. The number of benzene rings is 2. The third-order valence-corrected chi connectivity index (χ3v) is 7.25. The molecule has 0 radical (unpaired) electrons. The van der Waals surface area contributed by atoms with Crippen molar-refractivity contribution in [1.82, 2.24) is 10.2 Å². The van der Waals surface area contributed by atoms with Crippen LogP contribution < -0.4 is 9.62 Å². The van der Waals surface area contributed by atoms with Gasteiger partial charge in [0.1, 0.15) is 6.04 Å². The molecule has 2 aromatic carbocycles. The lowest BCUT2D eigenvalue weighted by atomic mass is 10.1. The van der Waals surface area contributed by atoms with Crippen LogP contribution in [0.25, 0.3) is 0 Å². The first-order valence-corrected chi connectivity index (χ1v) is 14.6. The number of unbranched alkanes of at least 4 members (excludes halogenated alkanes) is 1. The SMILES string of the molecule is CCCCNC(=O)[C@@H](CC)N(Cc1ccccc1)C(=O)CCCN(c1cc(C)cc(C)c1)S(C)(=O)=O. The van der Waals surface area contributed by atoms with E-state index >= 15 is 0 Å². The van der Waals surface area contributed by atoms with E-state index in [-0.39, 0.29) is 24.8 Å². The van der Waals surface area contributed by atoms with E-state index in [1.165, 1.54) is 10.6 Å². The number of amides is 2. The van der Waals surface area contributed by atoms with Crippen molar-refractivity contribution in [2.24, 2.45) is 0 Å². The maximum Gasteiger partial charge on any atom is 0.242 e. The van der Waals surface area contributed by atoms with Crippen molar-refractivity contribution < 1.29 is 18.0 Å². The van der Waals surface area contributed by atoms with Crippen molar-refractivity contribution >= 4 is 27.5 Å². The average molecular weight is 516 g/mol. The van der Waals surface area contributed by atoms with Crippen LogP contribution in [-0.4, -0.2) is 50.5 Å². The maximum absolute atomic E-state index is 13.4. The normalized spacial score (nSPS) is 12.1. The highest BCUT2D eigenvalue weighted by atomic mass is 32.2. The lowest BCUT2D eigenvalue weighted by molar-refractivity contribution is -0.141. The van der Waals surface area contributed by atoms with Gasteiger partial charge >= 0.3 is 0 Å². The van der Waals surface area contributed by atoms with Gasteiger partial charge in [0, 0.05) is 26.1 Å². The third kappa shape index (κ3) is 8.97. The highest BCUT2D eigenvalue weighted by Gasteiger charge is 2.28. The fraction of sp³-hybridized carbons (Fsp3) is 0.500. The first-order valence-electron chi connectivity index (χ1n) is 12.7. The molecular formula is C28H41N3O4S. The van der Waals surface area contributed by atoms with Crippen LogP contribution in [0.1, 0.15) is 62.6 Å². The summed E-state index contributed by atoms with van der Waals surface area (Å²) in [6, 6.07) is 14.7. The van der Waals surface area contributed by atoms with E-state index < -0.39 is 16.1 Å². The van der Waals surface area contributed by atoms with E-state index in [1.54, 1.807) is 4.90 Å². The van der Waals surface area contributed by atoms with Gasteiger partial charge in [-0.1, -0.05) is 56.7 Å². The smallest absolute Gasteiger partial charge is 0.242 e. The van der Waals surface area contributed by atoms with Crippen molar-refractivity contribution in [3.63, 3.8) is 0 Å². The van der Waals surface area contributed by atoms with E-state index in [0.29, 0.717) is 31.6 Å². The molecule has 0 unspecified atom stereocenters. The Morgan fingerprint density at radius 3 is 2.17 bits per heavy atom. The molecule has 0 aliphatic heterocycles. The van der Waals surface area contributed by atoms with Crippen LogP contribution in [0.2, 0.25) is 0 Å². The number of hydrogen-bond donors (Lipinski definition) is 1. The number of nitrogens with zero attached hydrogens (tertiary/aromatic N) is 2. The number of hydrogen-bond acceptors (Lipinski definition) is 4. The second kappa shape index (κ2) is 14.0. The Morgan fingerprint density at radius 2 is 1.61 bits per heavy atom. The zero-order valence-electron chi connectivity index (χ0n) is 22.3. The Kier molecular flexibility index (Phi) is 11.4. The minimum absolute atomic E-state index is 0.141. The number of rotatable bonds is 14. The summed E-state index contributed by atoms with van der Waals surface area (Å²) >= 11 is 0. The molecule has 1 atom stereocenters. The molecule has 0 spiro atoms. The predicted molar refractivity (Wildman–Crippen MR) is 146 cm³/mol. The summed E-state index contributed by atoms with van der Waals surface area (Å²) in [6.07, 6.45) is 4.02. The number of sulfonamides is 1.